The van der Waals surface area contributed by atoms with Gasteiger partial charge in [-0.25, -0.2) is 0 Å². The average Bonchev–Trinajstić information content (AvgIpc) is 1.62. The Morgan fingerprint density at radius 3 is 0.766 bits per heavy atom. The van der Waals surface area contributed by atoms with E-state index in [1.165, 1.54) is 158 Å². The van der Waals surface area contributed by atoms with E-state index in [4.69, 9.17) is 38.8 Å². The normalized spacial score (nSPS) is 15.9. The van der Waals surface area contributed by atoms with Gasteiger partial charge in [0, 0.05) is 144 Å². The van der Waals surface area contributed by atoms with Crippen LogP contribution in [0.25, 0.3) is 0 Å². The molecule has 11 rings (SSSR count). The van der Waals surface area contributed by atoms with Crippen LogP contribution in [-0.2, 0) is 125 Å². The fraction of sp³-hybridized carbons (Fsp3) is 0.442. The summed E-state index contributed by atoms with van der Waals surface area (Å²) in [6, 6.07) is 26.1. The summed E-state index contributed by atoms with van der Waals surface area (Å²) in [5.41, 5.74) is 29.7. The molecule has 517 valence electrons. The Morgan fingerprint density at radius 2 is 0.596 bits per heavy atom. The molecule has 5 aliphatic rings. The van der Waals surface area contributed by atoms with Crippen LogP contribution in [0.15, 0.2) is 106 Å². The first-order valence-electron chi connectivity index (χ1n) is 31.9. The number of thiophene rings is 2. The topological polar surface area (TPSA) is 13.0 Å². The van der Waals surface area contributed by atoms with Gasteiger partial charge in [-0.15, -0.1) is 13.3 Å². The van der Waals surface area contributed by atoms with E-state index < -0.39 is 27.0 Å². The Balaban J connectivity index is 0.000000604. The average molecular weight is 1830 g/mol. The van der Waals surface area contributed by atoms with E-state index in [-0.39, 0.29) is 113 Å². The van der Waals surface area contributed by atoms with Crippen molar-refractivity contribution in [3.05, 3.63) is 218 Å². The molecule has 4 heterocycles. The Bertz CT molecular complexity index is 2910. The van der Waals surface area contributed by atoms with Crippen molar-refractivity contribution >= 4 is 111 Å². The van der Waals surface area contributed by atoms with Crippen LogP contribution in [0.1, 0.15) is 201 Å². The number of allylic oxidation sites excluding steroid dienone is 4. The summed E-state index contributed by atoms with van der Waals surface area (Å²) < 4.78 is 3.89. The molecule has 0 amide bonds. The van der Waals surface area contributed by atoms with Crippen LogP contribution < -0.4 is 19.6 Å². The van der Waals surface area contributed by atoms with E-state index in [0.29, 0.717) is 7.92 Å². The maximum Gasteiger partial charge on any atom is 0 e. The van der Waals surface area contributed by atoms with Gasteiger partial charge in [0.05, 0.1) is 0 Å². The molecule has 2 aromatic heterocycles. The van der Waals surface area contributed by atoms with Crippen molar-refractivity contribution in [2.45, 2.75) is 224 Å². The molecule has 4 aromatic carbocycles. The first-order valence-corrected chi connectivity index (χ1v) is 47.0. The molecule has 6 aromatic rings. The summed E-state index contributed by atoms with van der Waals surface area (Å²) in [5.74, 6) is 0. The van der Waals surface area contributed by atoms with E-state index in [1.807, 2.05) is 44.2 Å². The van der Waals surface area contributed by atoms with Crippen LogP contribution in [0.2, 0.25) is 0 Å². The second-order valence-electron chi connectivity index (χ2n) is 25.0. The molecule has 3 fully saturated rings. The fourth-order valence-electron chi connectivity index (χ4n) is 14.3. The zero-order valence-electron chi connectivity index (χ0n) is 60.0. The summed E-state index contributed by atoms with van der Waals surface area (Å²) in [5, 5.41) is 4.02. The van der Waals surface area contributed by atoms with Gasteiger partial charge < -0.3 is 50.4 Å². The zero-order chi connectivity index (χ0) is 65.2. The predicted octanol–water partition coefficient (Wildman–Crippen LogP) is 26.1. The smallest absolute Gasteiger partial charge is 0 e. The Labute approximate surface area is 687 Å². The van der Waals surface area contributed by atoms with Crippen molar-refractivity contribution in [3.8, 4) is 0 Å². The second kappa shape index (κ2) is 46.9. The molecule has 0 N–H and O–H groups in total. The van der Waals surface area contributed by atoms with Crippen LogP contribution in [0, 0.1) is 118 Å². The molecular formula is C77H109Cl4N4P2Ru2S2Y3-5. The first-order chi connectivity index (χ1) is 42.4. The van der Waals surface area contributed by atoms with Crippen LogP contribution in [-0.4, -0.2) is 26.2 Å². The molecule has 3 saturated carbocycles. The number of halogens is 4. The van der Waals surface area contributed by atoms with Crippen LogP contribution in [0.3, 0.4) is 0 Å². The largest absolute Gasteiger partial charge is 0 e. The Kier molecular flexibility index (Phi) is 46.5. The molecule has 2 aliphatic heterocycles. The van der Waals surface area contributed by atoms with E-state index in [2.05, 4.69) is 208 Å². The number of rotatable bonds is 9. The van der Waals surface area contributed by atoms with Gasteiger partial charge in [0.25, 0.3) is 0 Å². The summed E-state index contributed by atoms with van der Waals surface area (Å²) in [7, 11) is 25.1. The van der Waals surface area contributed by atoms with Crippen molar-refractivity contribution in [1.82, 2.24) is 0 Å². The molecular weight excluding hydrogens is 1720 g/mol. The predicted molar refractivity (Wildman–Crippen MR) is 416 cm³/mol. The van der Waals surface area contributed by atoms with Gasteiger partial charge in [-0.1, -0.05) is 136 Å². The number of anilines is 4. The molecule has 1 atom stereocenters. The third-order valence-corrected chi connectivity index (χ3v) is 27.9. The standard InChI is InChI=1S/2C23H29N2.C18H33P.2C5H4S.CH4P.2CH3.4ClH.2Ru.3Y/c2*1-14-9-16(3)22(17(4)10-14)24-13-25(21(8)20(24)7)23-18(5)11-15(2)12-19(23)6;1-4-10-16(11-5-1)19(17-12-6-2-7-13-17)18-14-8-3-9-15-18;2*1-5-3-2-4-6-5;1-2;;;;;;;;;;;/h2*9-13H,1-8H3;16-18H,1-15H2;2*1-4H;1-2H2;2*1H3;4*1H;;;;;/q2*-1;;;;3*-1;;;;;2*+2;;;/p-4. The van der Waals surface area contributed by atoms with Gasteiger partial charge in [-0.2, -0.15) is 0 Å². The zero-order valence-corrected chi connectivity index (χ0v) is 78.7. The fourth-order valence-corrected chi connectivity index (χ4v) is 25.8. The Morgan fingerprint density at radius 1 is 0.394 bits per heavy atom. The number of aryl methyl sites for hydroxylation is 12. The number of nitrogens with zero attached hydrogens (tertiary/aromatic N) is 4. The quantitative estimate of drug-likeness (QED) is 0.0812. The molecule has 1 unspecified atom stereocenters. The van der Waals surface area contributed by atoms with Crippen molar-refractivity contribution < 1.29 is 125 Å². The van der Waals surface area contributed by atoms with Crippen LogP contribution in [0.5, 0.6) is 0 Å². The van der Waals surface area contributed by atoms with E-state index in [0.717, 1.165) is 0 Å². The van der Waals surface area contributed by atoms with Gasteiger partial charge in [-0.05, 0) is 211 Å². The van der Waals surface area contributed by atoms with Crippen molar-refractivity contribution in [2.75, 3.05) is 19.6 Å². The maximum absolute atomic E-state index is 5.63. The van der Waals surface area contributed by atoms with Crippen molar-refractivity contribution in [2.24, 2.45) is 0 Å². The minimum Gasteiger partial charge on any atom is 0 e. The number of benzene rings is 4. The summed E-state index contributed by atoms with van der Waals surface area (Å²) >= 11 is 0.185. The van der Waals surface area contributed by atoms with Gasteiger partial charge in [0.2, 0.25) is 0 Å². The summed E-state index contributed by atoms with van der Waals surface area (Å²) in [4.78, 5) is 11.7. The minimum absolute atomic E-state index is 0. The first kappa shape index (κ1) is 93.3. The molecule has 3 aliphatic carbocycles. The Hall–Kier alpha value is 1.28. The van der Waals surface area contributed by atoms with Gasteiger partial charge in [0.1, 0.15) is 0 Å². The monoisotopic (exact) mass is 1830 g/mol. The van der Waals surface area contributed by atoms with Crippen LogP contribution in [0.4, 0.5) is 22.7 Å². The van der Waals surface area contributed by atoms with Crippen molar-refractivity contribution in [3.63, 3.8) is 0 Å². The second-order valence-corrected chi connectivity index (χ2v) is 41.5. The SMILES string of the molecule is C1CCC(P(C2CCCCC2)C2CCCCC2)CC1.CC1=C(C)N(c2c(C)cc(C)cc2C)[CH-]N1c1c(C)cc(C)cc1C.CC1=C(C)N(c2c(C)cc(C)cc2C)[CH-]N1c1c(C)cc(C)cc1C.[CH2-]P.[CH3-].[CH3-].[Cl][Ru]([Cl])=[CH]c1cccs1.[Cl][Ru]([Cl])=[CH]c1cccs1.[Y].[Y].[Y]. The van der Waals surface area contributed by atoms with Gasteiger partial charge >= 0.3 is 142 Å². The van der Waals surface area contributed by atoms with Crippen molar-refractivity contribution in [1.29, 1.82) is 0 Å². The molecule has 0 bridgehead atoms. The van der Waals surface area contributed by atoms with E-state index in [1.54, 1.807) is 99.7 Å². The molecule has 4 nitrogen and oxygen atoms in total. The molecule has 17 heteroatoms. The van der Waals surface area contributed by atoms with Gasteiger partial charge in [0.15, 0.2) is 0 Å². The molecule has 0 saturated heterocycles. The third-order valence-electron chi connectivity index (χ3n) is 17.9. The molecule has 0 spiro atoms. The van der Waals surface area contributed by atoms with Crippen LogP contribution >= 0.6 is 78.6 Å². The summed E-state index contributed by atoms with van der Waals surface area (Å²) in [6.07, 6.45) is 23.6. The summed E-state index contributed by atoms with van der Waals surface area (Å²) in [6.45, 7) is 42.8. The van der Waals surface area contributed by atoms with E-state index in [9.17, 15) is 0 Å². The molecule has 3 radical (unpaired) electrons. The number of hydrogen-bond donors (Lipinski definition) is 0. The van der Waals surface area contributed by atoms with Gasteiger partial charge in [-0.3, -0.25) is 0 Å². The van der Waals surface area contributed by atoms with E-state index >= 15 is 0 Å². The third kappa shape index (κ3) is 27.1. The number of hydrogen-bond acceptors (Lipinski definition) is 6. The molecule has 94 heavy (non-hydrogen) atoms. The minimum atomic E-state index is -1.57. The maximum atomic E-state index is 5.63.